The number of rotatable bonds is 7. The molecule has 1 fully saturated rings. The number of nitro groups is 1. The van der Waals surface area contributed by atoms with E-state index in [9.17, 15) is 24.1 Å². The first-order valence-electron chi connectivity index (χ1n) is 10.3. The Morgan fingerprint density at radius 1 is 1.19 bits per heavy atom. The van der Waals surface area contributed by atoms with Crippen molar-refractivity contribution in [1.82, 2.24) is 9.80 Å². The van der Waals surface area contributed by atoms with Crippen molar-refractivity contribution in [1.29, 1.82) is 0 Å². The van der Waals surface area contributed by atoms with Gasteiger partial charge in [-0.15, -0.1) is 0 Å². The molecule has 1 aliphatic heterocycles. The van der Waals surface area contributed by atoms with Gasteiger partial charge in [-0.25, -0.2) is 4.39 Å². The number of benzene rings is 2. The highest BCUT2D eigenvalue weighted by molar-refractivity contribution is 6.00. The average molecular weight is 439 g/mol. The summed E-state index contributed by atoms with van der Waals surface area (Å²) in [5.41, 5.74) is 0.415. The molecule has 2 atom stereocenters. The van der Waals surface area contributed by atoms with E-state index in [0.717, 1.165) is 5.56 Å². The number of hydrogen-bond donors (Lipinski definition) is 0. The summed E-state index contributed by atoms with van der Waals surface area (Å²) >= 11 is 0. The molecule has 3 rings (SSSR count). The van der Waals surface area contributed by atoms with Crippen LogP contribution in [0.5, 0.6) is 0 Å². The minimum atomic E-state index is -1.12. The van der Waals surface area contributed by atoms with Gasteiger partial charge in [-0.05, 0) is 29.7 Å². The SMILES string of the molecule is C=Cc1cccc([N+](=O)[O-])c1CC1C(=O)N(C)C(CC)(Cc2ccc(F)cc2)C(=O)N1C. The van der Waals surface area contributed by atoms with Crippen LogP contribution in [-0.2, 0) is 22.4 Å². The summed E-state index contributed by atoms with van der Waals surface area (Å²) in [6.45, 7) is 5.55. The van der Waals surface area contributed by atoms with E-state index in [1.165, 1.54) is 34.1 Å². The van der Waals surface area contributed by atoms with E-state index >= 15 is 0 Å². The van der Waals surface area contributed by atoms with Gasteiger partial charge in [-0.2, -0.15) is 0 Å². The molecule has 0 spiro atoms. The molecule has 1 heterocycles. The number of carbonyl (C=O) groups excluding carboxylic acids is 2. The second-order valence-corrected chi connectivity index (χ2v) is 8.03. The van der Waals surface area contributed by atoms with E-state index in [0.29, 0.717) is 17.5 Å². The van der Waals surface area contributed by atoms with E-state index in [1.807, 2.05) is 6.92 Å². The molecule has 2 amide bonds. The van der Waals surface area contributed by atoms with Gasteiger partial charge in [0, 0.05) is 38.6 Å². The van der Waals surface area contributed by atoms with E-state index in [4.69, 9.17) is 0 Å². The van der Waals surface area contributed by atoms with Crippen LogP contribution >= 0.6 is 0 Å². The molecule has 7 nitrogen and oxygen atoms in total. The number of piperazine rings is 1. The third-order valence-electron chi connectivity index (χ3n) is 6.44. The summed E-state index contributed by atoms with van der Waals surface area (Å²) in [6, 6.07) is 9.61. The van der Waals surface area contributed by atoms with E-state index < -0.39 is 16.5 Å². The summed E-state index contributed by atoms with van der Waals surface area (Å²) in [4.78, 5) is 41.0. The number of likely N-dealkylation sites (N-methyl/N-ethyl adjacent to an activating group) is 2. The van der Waals surface area contributed by atoms with Crippen molar-refractivity contribution in [3.63, 3.8) is 0 Å². The van der Waals surface area contributed by atoms with Crippen LogP contribution in [-0.4, -0.2) is 52.2 Å². The number of nitrogens with zero attached hydrogens (tertiary/aromatic N) is 3. The zero-order valence-electron chi connectivity index (χ0n) is 18.4. The monoisotopic (exact) mass is 439 g/mol. The van der Waals surface area contributed by atoms with Gasteiger partial charge >= 0.3 is 0 Å². The molecule has 2 unspecified atom stereocenters. The first-order valence-corrected chi connectivity index (χ1v) is 10.3. The molecular formula is C24H26FN3O4. The Kier molecular flexibility index (Phi) is 6.43. The Balaban J connectivity index is 1.99. The Hall–Kier alpha value is -3.55. The van der Waals surface area contributed by atoms with Gasteiger partial charge in [-0.3, -0.25) is 19.7 Å². The largest absolute Gasteiger partial charge is 0.331 e. The van der Waals surface area contributed by atoms with Crippen molar-refractivity contribution in [2.45, 2.75) is 37.8 Å². The Morgan fingerprint density at radius 3 is 2.41 bits per heavy atom. The third kappa shape index (κ3) is 3.88. The number of amides is 2. The Bertz CT molecular complexity index is 1070. The molecular weight excluding hydrogens is 413 g/mol. The van der Waals surface area contributed by atoms with Gasteiger partial charge in [0.05, 0.1) is 4.92 Å². The van der Waals surface area contributed by atoms with E-state index in [2.05, 4.69) is 6.58 Å². The van der Waals surface area contributed by atoms with Crippen molar-refractivity contribution in [3.05, 3.63) is 81.7 Å². The minimum absolute atomic E-state index is 0.000260. The van der Waals surface area contributed by atoms with Gasteiger partial charge in [-0.1, -0.05) is 43.8 Å². The average Bonchev–Trinajstić information content (AvgIpc) is 2.79. The fourth-order valence-corrected chi connectivity index (χ4v) is 4.46. The molecule has 8 heteroatoms. The van der Waals surface area contributed by atoms with Gasteiger partial charge in [0.15, 0.2) is 0 Å². The van der Waals surface area contributed by atoms with E-state index in [1.54, 1.807) is 38.4 Å². The van der Waals surface area contributed by atoms with Crippen LogP contribution in [0.3, 0.4) is 0 Å². The molecule has 1 saturated heterocycles. The number of carbonyl (C=O) groups is 2. The van der Waals surface area contributed by atoms with E-state index in [-0.39, 0.29) is 36.2 Å². The van der Waals surface area contributed by atoms with Crippen molar-refractivity contribution >= 4 is 23.6 Å². The fourth-order valence-electron chi connectivity index (χ4n) is 4.46. The zero-order valence-corrected chi connectivity index (χ0v) is 18.4. The maximum absolute atomic E-state index is 13.6. The second-order valence-electron chi connectivity index (χ2n) is 8.03. The first kappa shape index (κ1) is 23.1. The summed E-state index contributed by atoms with van der Waals surface area (Å²) in [7, 11) is 3.14. The summed E-state index contributed by atoms with van der Waals surface area (Å²) in [6.07, 6.45) is 2.11. The molecule has 0 N–H and O–H groups in total. The van der Waals surface area contributed by atoms with Crippen LogP contribution in [0.15, 0.2) is 49.0 Å². The lowest BCUT2D eigenvalue weighted by molar-refractivity contribution is -0.385. The summed E-state index contributed by atoms with van der Waals surface area (Å²) in [5.74, 6) is -0.933. The molecule has 168 valence electrons. The van der Waals surface area contributed by atoms with Gasteiger partial charge < -0.3 is 9.80 Å². The standard InChI is InChI=1S/C24H26FN3O4/c1-5-17-8-7-9-20(28(31)32)19(17)14-21-22(29)27(4)24(6-2,23(30)26(21)3)15-16-10-12-18(25)13-11-16/h5,7-13,21H,1,6,14-15H2,2-4H3. The Morgan fingerprint density at radius 2 is 1.84 bits per heavy atom. The van der Waals surface area contributed by atoms with Crippen LogP contribution in [0.25, 0.3) is 6.08 Å². The molecule has 0 aliphatic carbocycles. The fraction of sp³-hybridized carbons (Fsp3) is 0.333. The summed E-state index contributed by atoms with van der Waals surface area (Å²) < 4.78 is 13.3. The highest BCUT2D eigenvalue weighted by atomic mass is 19.1. The Labute approximate surface area is 186 Å². The highest BCUT2D eigenvalue weighted by Gasteiger charge is 2.52. The minimum Gasteiger partial charge on any atom is -0.331 e. The topological polar surface area (TPSA) is 83.8 Å². The van der Waals surface area contributed by atoms with Gasteiger partial charge in [0.25, 0.3) is 5.69 Å². The highest BCUT2D eigenvalue weighted by Crippen LogP contribution is 2.34. The lowest BCUT2D eigenvalue weighted by Crippen LogP contribution is -2.70. The van der Waals surface area contributed by atoms with Crippen LogP contribution in [0.1, 0.15) is 30.0 Å². The lowest BCUT2D eigenvalue weighted by Gasteiger charge is -2.50. The number of nitro benzene ring substituents is 1. The van der Waals surface area contributed by atoms with Gasteiger partial charge in [0.2, 0.25) is 11.8 Å². The maximum Gasteiger partial charge on any atom is 0.273 e. The lowest BCUT2D eigenvalue weighted by atomic mass is 9.81. The molecule has 2 aromatic carbocycles. The molecule has 2 aromatic rings. The van der Waals surface area contributed by atoms with Crippen LogP contribution in [0.4, 0.5) is 10.1 Å². The quantitative estimate of drug-likeness (QED) is 0.487. The number of halogens is 1. The maximum atomic E-state index is 13.6. The van der Waals surface area contributed by atoms with Crippen LogP contribution in [0.2, 0.25) is 0 Å². The smallest absolute Gasteiger partial charge is 0.273 e. The zero-order chi connectivity index (χ0) is 23.6. The number of hydrogen-bond acceptors (Lipinski definition) is 4. The van der Waals surface area contributed by atoms with Crippen molar-refractivity contribution < 1.29 is 18.9 Å². The molecule has 0 bridgehead atoms. The molecule has 32 heavy (non-hydrogen) atoms. The van der Waals surface area contributed by atoms with Crippen LogP contribution < -0.4 is 0 Å². The molecule has 0 radical (unpaired) electrons. The predicted octanol–water partition coefficient (Wildman–Crippen LogP) is 3.61. The van der Waals surface area contributed by atoms with Crippen LogP contribution in [0, 0.1) is 15.9 Å². The molecule has 0 aromatic heterocycles. The normalized spacial score (nSPS) is 21.1. The first-order chi connectivity index (χ1) is 15.2. The van der Waals surface area contributed by atoms with Crippen molar-refractivity contribution in [2.75, 3.05) is 14.1 Å². The van der Waals surface area contributed by atoms with Gasteiger partial charge in [0.1, 0.15) is 17.4 Å². The predicted molar refractivity (Wildman–Crippen MR) is 119 cm³/mol. The van der Waals surface area contributed by atoms with Crippen molar-refractivity contribution in [3.8, 4) is 0 Å². The third-order valence-corrected chi connectivity index (χ3v) is 6.44. The second kappa shape index (κ2) is 8.90. The van der Waals surface area contributed by atoms with Crippen molar-refractivity contribution in [2.24, 2.45) is 0 Å². The summed E-state index contributed by atoms with van der Waals surface area (Å²) in [5, 5.41) is 11.6. The molecule has 0 saturated carbocycles. The molecule has 1 aliphatic rings.